The molecule has 0 amide bonds. The lowest BCUT2D eigenvalue weighted by Gasteiger charge is -2.16. The normalized spacial score (nSPS) is 36.5. The van der Waals surface area contributed by atoms with Gasteiger partial charge in [0, 0.05) is 0 Å². The predicted molar refractivity (Wildman–Crippen MR) is 57.5 cm³/mol. The molecule has 1 saturated carbocycles. The van der Waals surface area contributed by atoms with E-state index in [2.05, 4.69) is 31.2 Å². The summed E-state index contributed by atoms with van der Waals surface area (Å²) < 4.78 is 0. The third-order valence-electron chi connectivity index (χ3n) is 3.60. The molecule has 0 aliphatic heterocycles. The summed E-state index contributed by atoms with van der Waals surface area (Å²) in [6, 6.07) is 0. The van der Waals surface area contributed by atoms with Gasteiger partial charge in [-0.05, 0) is 56.8 Å². The van der Waals surface area contributed by atoms with E-state index < -0.39 is 0 Å². The van der Waals surface area contributed by atoms with Gasteiger partial charge in [0.15, 0.2) is 0 Å². The smallest absolute Gasteiger partial charge is 0.0199 e. The Morgan fingerprint density at radius 2 is 2.23 bits per heavy atom. The minimum Gasteiger partial charge on any atom is -0.0917 e. The molecule has 0 radical (unpaired) electrons. The Morgan fingerprint density at radius 1 is 1.31 bits per heavy atom. The molecule has 2 aliphatic carbocycles. The maximum absolute atomic E-state index is 2.47. The summed E-state index contributed by atoms with van der Waals surface area (Å²) in [6.07, 6.45) is 16.5. The van der Waals surface area contributed by atoms with Crippen molar-refractivity contribution in [2.75, 3.05) is 0 Å². The predicted octanol–water partition coefficient (Wildman–Crippen LogP) is 3.95. The molecule has 0 aromatic rings. The van der Waals surface area contributed by atoms with E-state index in [1.54, 1.807) is 0 Å². The van der Waals surface area contributed by atoms with E-state index in [0.717, 1.165) is 17.8 Å². The van der Waals surface area contributed by atoms with Crippen LogP contribution in [-0.4, -0.2) is 0 Å². The van der Waals surface area contributed by atoms with Gasteiger partial charge in [0.05, 0.1) is 0 Å². The molecule has 13 heavy (non-hydrogen) atoms. The summed E-state index contributed by atoms with van der Waals surface area (Å²) in [5, 5.41) is 0. The summed E-state index contributed by atoms with van der Waals surface area (Å²) in [6.45, 7) is 2.11. The summed E-state index contributed by atoms with van der Waals surface area (Å²) >= 11 is 0. The Labute approximate surface area is 81.7 Å². The van der Waals surface area contributed by atoms with Crippen LogP contribution in [0, 0.1) is 17.8 Å². The first-order valence-corrected chi connectivity index (χ1v) is 5.69. The average molecular weight is 176 g/mol. The topological polar surface area (TPSA) is 0 Å². The number of fused-ring (bicyclic) bond motifs is 2. The van der Waals surface area contributed by atoms with Crippen LogP contribution in [0.25, 0.3) is 0 Å². The molecule has 0 spiro atoms. The van der Waals surface area contributed by atoms with Crippen LogP contribution in [0.3, 0.4) is 0 Å². The van der Waals surface area contributed by atoms with Crippen molar-refractivity contribution in [2.45, 2.75) is 39.0 Å². The van der Waals surface area contributed by atoms with Crippen LogP contribution in [0.1, 0.15) is 39.0 Å². The third kappa shape index (κ3) is 2.04. The van der Waals surface area contributed by atoms with Crippen molar-refractivity contribution in [3.05, 3.63) is 24.3 Å². The van der Waals surface area contributed by atoms with Gasteiger partial charge < -0.3 is 0 Å². The molecule has 3 atom stereocenters. The Balaban J connectivity index is 1.69. The minimum atomic E-state index is 0.954. The highest BCUT2D eigenvalue weighted by Crippen LogP contribution is 2.45. The Kier molecular flexibility index (Phi) is 2.87. The van der Waals surface area contributed by atoms with Gasteiger partial charge in [-0.15, -0.1) is 0 Å². The van der Waals surface area contributed by atoms with Crippen molar-refractivity contribution >= 4 is 0 Å². The van der Waals surface area contributed by atoms with Gasteiger partial charge >= 0.3 is 0 Å². The number of hydrogen-bond donors (Lipinski definition) is 0. The van der Waals surface area contributed by atoms with Gasteiger partial charge in [-0.25, -0.2) is 0 Å². The maximum atomic E-state index is 2.47. The van der Waals surface area contributed by atoms with Crippen LogP contribution in [-0.2, 0) is 0 Å². The van der Waals surface area contributed by atoms with E-state index in [0.29, 0.717) is 0 Å². The molecular formula is C13H20. The Morgan fingerprint density at radius 3 is 2.85 bits per heavy atom. The SMILES string of the molecule is CC=CCCCC1CC2C=CC1C2. The summed E-state index contributed by atoms with van der Waals surface area (Å²) in [5.41, 5.74) is 0. The number of hydrogen-bond acceptors (Lipinski definition) is 0. The lowest BCUT2D eigenvalue weighted by Crippen LogP contribution is -2.06. The Bertz CT molecular complexity index is 212. The zero-order valence-corrected chi connectivity index (χ0v) is 8.58. The van der Waals surface area contributed by atoms with Gasteiger partial charge in [0.1, 0.15) is 0 Å². The van der Waals surface area contributed by atoms with E-state index in [4.69, 9.17) is 0 Å². The van der Waals surface area contributed by atoms with Gasteiger partial charge in [-0.3, -0.25) is 0 Å². The molecule has 0 heteroatoms. The van der Waals surface area contributed by atoms with Crippen molar-refractivity contribution < 1.29 is 0 Å². The molecule has 2 aliphatic rings. The first-order chi connectivity index (χ1) is 6.40. The summed E-state index contributed by atoms with van der Waals surface area (Å²) in [5.74, 6) is 2.94. The average Bonchev–Trinajstić information content (AvgIpc) is 2.73. The van der Waals surface area contributed by atoms with E-state index >= 15 is 0 Å². The molecule has 3 unspecified atom stereocenters. The van der Waals surface area contributed by atoms with Crippen molar-refractivity contribution in [1.29, 1.82) is 0 Å². The molecule has 72 valence electrons. The summed E-state index contributed by atoms with van der Waals surface area (Å²) in [7, 11) is 0. The molecule has 0 saturated heterocycles. The highest BCUT2D eigenvalue weighted by molar-refractivity contribution is 5.09. The fourth-order valence-corrected chi connectivity index (χ4v) is 2.89. The third-order valence-corrected chi connectivity index (χ3v) is 3.60. The maximum Gasteiger partial charge on any atom is -0.0199 e. The number of allylic oxidation sites excluding steroid dienone is 4. The van der Waals surface area contributed by atoms with Crippen molar-refractivity contribution in [3.63, 3.8) is 0 Å². The molecule has 1 fully saturated rings. The van der Waals surface area contributed by atoms with E-state index in [1.807, 2.05) is 0 Å². The van der Waals surface area contributed by atoms with E-state index in [-0.39, 0.29) is 0 Å². The van der Waals surface area contributed by atoms with Crippen LogP contribution < -0.4 is 0 Å². The van der Waals surface area contributed by atoms with Gasteiger partial charge in [0.2, 0.25) is 0 Å². The first kappa shape index (κ1) is 9.05. The number of unbranched alkanes of at least 4 members (excludes halogenated alkanes) is 1. The van der Waals surface area contributed by atoms with Crippen molar-refractivity contribution in [2.24, 2.45) is 17.8 Å². The second-order valence-corrected chi connectivity index (χ2v) is 4.54. The minimum absolute atomic E-state index is 0.954. The highest BCUT2D eigenvalue weighted by Gasteiger charge is 2.34. The van der Waals surface area contributed by atoms with E-state index in [1.165, 1.54) is 32.1 Å². The van der Waals surface area contributed by atoms with Crippen LogP contribution in [0.2, 0.25) is 0 Å². The van der Waals surface area contributed by atoms with Gasteiger partial charge in [-0.1, -0.05) is 24.3 Å². The molecular weight excluding hydrogens is 156 g/mol. The molecule has 0 aromatic heterocycles. The number of rotatable bonds is 4. The quantitative estimate of drug-likeness (QED) is 0.449. The second kappa shape index (κ2) is 4.13. The lowest BCUT2D eigenvalue weighted by atomic mass is 9.89. The Hall–Kier alpha value is -0.520. The molecule has 0 nitrogen and oxygen atoms in total. The highest BCUT2D eigenvalue weighted by atomic mass is 14.4. The fraction of sp³-hybridized carbons (Fsp3) is 0.692. The van der Waals surface area contributed by atoms with Crippen LogP contribution in [0.15, 0.2) is 24.3 Å². The second-order valence-electron chi connectivity index (χ2n) is 4.54. The zero-order chi connectivity index (χ0) is 9.10. The van der Waals surface area contributed by atoms with Gasteiger partial charge in [0.25, 0.3) is 0 Å². The lowest BCUT2D eigenvalue weighted by molar-refractivity contribution is 0.405. The molecule has 2 bridgehead atoms. The monoisotopic (exact) mass is 176 g/mol. The standard InChI is InChI=1S/C13H20/c1-2-3-4-5-6-12-9-11-7-8-13(12)10-11/h2-3,7-8,11-13H,4-6,9-10H2,1H3. The zero-order valence-electron chi connectivity index (χ0n) is 8.58. The largest absolute Gasteiger partial charge is 0.0917 e. The van der Waals surface area contributed by atoms with Gasteiger partial charge in [-0.2, -0.15) is 0 Å². The fourth-order valence-electron chi connectivity index (χ4n) is 2.89. The van der Waals surface area contributed by atoms with Crippen LogP contribution in [0.4, 0.5) is 0 Å². The van der Waals surface area contributed by atoms with Crippen LogP contribution in [0.5, 0.6) is 0 Å². The molecule has 0 heterocycles. The first-order valence-electron chi connectivity index (χ1n) is 5.69. The molecule has 0 aromatic carbocycles. The molecule has 2 rings (SSSR count). The van der Waals surface area contributed by atoms with Crippen LogP contribution >= 0.6 is 0 Å². The van der Waals surface area contributed by atoms with Crippen molar-refractivity contribution in [1.82, 2.24) is 0 Å². The van der Waals surface area contributed by atoms with Crippen molar-refractivity contribution in [3.8, 4) is 0 Å². The summed E-state index contributed by atoms with van der Waals surface area (Å²) in [4.78, 5) is 0. The van der Waals surface area contributed by atoms with E-state index in [9.17, 15) is 0 Å². The molecule has 0 N–H and O–H groups in total.